The fourth-order valence-electron chi connectivity index (χ4n) is 3.43. The van der Waals surface area contributed by atoms with Gasteiger partial charge in [0.1, 0.15) is 5.69 Å². The Bertz CT molecular complexity index is 1040. The molecule has 144 valence electrons. The van der Waals surface area contributed by atoms with Gasteiger partial charge in [-0.1, -0.05) is 0 Å². The lowest BCUT2D eigenvalue weighted by Gasteiger charge is -2.32. The molecule has 4 rings (SSSR count). The van der Waals surface area contributed by atoms with E-state index in [1.165, 1.54) is 17.0 Å². The van der Waals surface area contributed by atoms with Crippen molar-refractivity contribution in [2.75, 3.05) is 11.4 Å². The van der Waals surface area contributed by atoms with Crippen molar-refractivity contribution >= 4 is 11.6 Å². The summed E-state index contributed by atoms with van der Waals surface area (Å²) in [6.07, 6.45) is 0.608. The highest BCUT2D eigenvalue weighted by atomic mass is 19.4. The van der Waals surface area contributed by atoms with Crippen molar-refractivity contribution in [3.05, 3.63) is 65.7 Å². The van der Waals surface area contributed by atoms with Gasteiger partial charge < -0.3 is 4.90 Å². The number of benzene rings is 1. The summed E-state index contributed by atoms with van der Waals surface area (Å²) in [6, 6.07) is 6.43. The number of hydrogen-bond acceptors (Lipinski definition) is 3. The molecule has 0 radical (unpaired) electrons. The number of halogens is 3. The Balaban J connectivity index is 1.75. The van der Waals surface area contributed by atoms with Crippen LogP contribution in [0, 0.1) is 6.92 Å². The van der Waals surface area contributed by atoms with E-state index in [2.05, 4.69) is 10.1 Å². The predicted molar refractivity (Wildman–Crippen MR) is 98.0 cm³/mol. The highest BCUT2D eigenvalue weighted by Gasteiger charge is 2.35. The summed E-state index contributed by atoms with van der Waals surface area (Å²) < 4.78 is 40.2. The average Bonchev–Trinajstić information content (AvgIpc) is 3.10. The van der Waals surface area contributed by atoms with Crippen LogP contribution < -0.4 is 4.90 Å². The van der Waals surface area contributed by atoms with Gasteiger partial charge in [-0.15, -0.1) is 0 Å². The Morgan fingerprint density at radius 3 is 2.46 bits per heavy atom. The predicted octanol–water partition coefficient (Wildman–Crippen LogP) is 4.49. The van der Waals surface area contributed by atoms with Crippen molar-refractivity contribution in [3.8, 4) is 11.1 Å². The van der Waals surface area contributed by atoms with Gasteiger partial charge in [0.2, 0.25) is 0 Å². The van der Waals surface area contributed by atoms with E-state index in [0.29, 0.717) is 23.5 Å². The number of amides is 1. The van der Waals surface area contributed by atoms with Gasteiger partial charge in [-0.25, -0.2) is 0 Å². The van der Waals surface area contributed by atoms with E-state index < -0.39 is 11.7 Å². The molecule has 0 unspecified atom stereocenters. The highest BCUT2D eigenvalue weighted by molar-refractivity contribution is 6.09. The maximum Gasteiger partial charge on any atom is 0.416 e. The van der Waals surface area contributed by atoms with Crippen LogP contribution in [0.2, 0.25) is 0 Å². The maximum absolute atomic E-state index is 13.2. The van der Waals surface area contributed by atoms with Crippen LogP contribution in [0.4, 0.5) is 18.9 Å². The first-order valence-electron chi connectivity index (χ1n) is 8.74. The molecule has 1 aliphatic rings. The van der Waals surface area contributed by atoms with Crippen molar-refractivity contribution in [1.29, 1.82) is 0 Å². The van der Waals surface area contributed by atoms with E-state index in [-0.39, 0.29) is 11.9 Å². The summed E-state index contributed by atoms with van der Waals surface area (Å²) in [5.41, 5.74) is 2.47. The quantitative estimate of drug-likeness (QED) is 0.652. The van der Waals surface area contributed by atoms with Gasteiger partial charge in [-0.05, 0) is 49.7 Å². The van der Waals surface area contributed by atoms with E-state index in [1.807, 2.05) is 19.9 Å². The second-order valence-electron chi connectivity index (χ2n) is 6.91. The number of rotatable bonds is 2. The van der Waals surface area contributed by atoms with Crippen molar-refractivity contribution in [1.82, 2.24) is 14.8 Å². The minimum absolute atomic E-state index is 0.124. The second-order valence-corrected chi connectivity index (χ2v) is 6.91. The third-order valence-electron chi connectivity index (χ3n) is 4.80. The Kier molecular flexibility index (Phi) is 4.21. The Labute approximate surface area is 159 Å². The standard InChI is InChI=1S/C20H17F3N4O/c1-12-7-14(9-24-8-12)17-10-25-27-13(2)11-26(19(28)18(17)27)16-5-3-15(4-6-16)20(21,22)23/h3-10,13H,11H2,1-2H3/t13-/m0/s1. The molecule has 0 spiro atoms. The monoisotopic (exact) mass is 386 g/mol. The Morgan fingerprint density at radius 1 is 1.11 bits per heavy atom. The van der Waals surface area contributed by atoms with Crippen molar-refractivity contribution in [2.24, 2.45) is 0 Å². The number of aryl methyl sites for hydroxylation is 1. The summed E-state index contributed by atoms with van der Waals surface area (Å²) in [6.45, 7) is 4.15. The number of pyridine rings is 1. The normalized spacial score (nSPS) is 17.0. The fraction of sp³-hybridized carbons (Fsp3) is 0.250. The number of nitrogens with zero attached hydrogens (tertiary/aromatic N) is 4. The summed E-state index contributed by atoms with van der Waals surface area (Å²) in [5, 5.41) is 4.36. The lowest BCUT2D eigenvalue weighted by Crippen LogP contribution is -2.42. The van der Waals surface area contributed by atoms with E-state index in [9.17, 15) is 18.0 Å². The minimum Gasteiger partial charge on any atom is -0.305 e. The zero-order chi connectivity index (χ0) is 20.1. The van der Waals surface area contributed by atoms with Crippen molar-refractivity contribution in [3.63, 3.8) is 0 Å². The molecule has 0 bridgehead atoms. The largest absolute Gasteiger partial charge is 0.416 e. The number of fused-ring (bicyclic) bond motifs is 1. The van der Waals surface area contributed by atoms with Gasteiger partial charge in [-0.3, -0.25) is 14.5 Å². The van der Waals surface area contributed by atoms with Crippen LogP contribution in [-0.2, 0) is 6.18 Å². The molecule has 3 heterocycles. The van der Waals surface area contributed by atoms with Crippen LogP contribution in [-0.4, -0.2) is 27.2 Å². The van der Waals surface area contributed by atoms with Crippen LogP contribution in [0.3, 0.4) is 0 Å². The number of alkyl halides is 3. The first kappa shape index (κ1) is 18.2. The summed E-state index contributed by atoms with van der Waals surface area (Å²) in [7, 11) is 0. The summed E-state index contributed by atoms with van der Waals surface area (Å²) >= 11 is 0. The molecule has 5 nitrogen and oxygen atoms in total. The number of anilines is 1. The van der Waals surface area contributed by atoms with Gasteiger partial charge >= 0.3 is 6.18 Å². The number of carbonyl (C=O) groups excluding carboxylic acids is 1. The zero-order valence-corrected chi connectivity index (χ0v) is 15.2. The molecule has 0 fully saturated rings. The van der Waals surface area contributed by atoms with E-state index in [0.717, 1.165) is 23.3 Å². The first-order valence-corrected chi connectivity index (χ1v) is 8.74. The van der Waals surface area contributed by atoms with Crippen molar-refractivity contribution in [2.45, 2.75) is 26.1 Å². The molecule has 1 amide bonds. The third-order valence-corrected chi connectivity index (χ3v) is 4.80. The second kappa shape index (κ2) is 6.47. The number of carbonyl (C=O) groups is 1. The molecule has 2 aromatic heterocycles. The molecule has 0 saturated heterocycles. The molecule has 0 saturated carbocycles. The SMILES string of the molecule is Cc1cncc(-c2cnn3c2C(=O)N(c2ccc(C(F)(F)F)cc2)C[C@@H]3C)c1. The zero-order valence-electron chi connectivity index (χ0n) is 15.2. The van der Waals surface area contributed by atoms with Gasteiger partial charge in [0.25, 0.3) is 5.91 Å². The van der Waals surface area contributed by atoms with E-state index in [1.54, 1.807) is 23.3 Å². The smallest absolute Gasteiger partial charge is 0.305 e. The Morgan fingerprint density at radius 2 is 1.82 bits per heavy atom. The van der Waals surface area contributed by atoms with Crippen LogP contribution in [0.1, 0.15) is 34.6 Å². The molecule has 0 aliphatic carbocycles. The molecule has 1 aromatic carbocycles. The minimum atomic E-state index is -4.41. The van der Waals surface area contributed by atoms with Gasteiger partial charge in [0.05, 0.1) is 17.8 Å². The van der Waals surface area contributed by atoms with E-state index in [4.69, 9.17) is 0 Å². The molecule has 3 aromatic rings. The van der Waals surface area contributed by atoms with Crippen LogP contribution in [0.15, 0.2) is 48.9 Å². The molecule has 0 N–H and O–H groups in total. The van der Waals surface area contributed by atoms with Gasteiger partial charge in [0, 0.05) is 35.8 Å². The molecule has 8 heteroatoms. The molecule has 1 atom stereocenters. The fourth-order valence-corrected chi connectivity index (χ4v) is 3.43. The lowest BCUT2D eigenvalue weighted by molar-refractivity contribution is -0.137. The van der Waals surface area contributed by atoms with Crippen molar-refractivity contribution < 1.29 is 18.0 Å². The maximum atomic E-state index is 13.2. The first-order chi connectivity index (χ1) is 13.3. The lowest BCUT2D eigenvalue weighted by atomic mass is 10.0. The van der Waals surface area contributed by atoms with Crippen LogP contribution in [0.5, 0.6) is 0 Å². The number of aromatic nitrogens is 3. The molecular weight excluding hydrogens is 369 g/mol. The summed E-state index contributed by atoms with van der Waals surface area (Å²) in [4.78, 5) is 18.9. The van der Waals surface area contributed by atoms with E-state index >= 15 is 0 Å². The van der Waals surface area contributed by atoms with Crippen LogP contribution in [0.25, 0.3) is 11.1 Å². The molecular formula is C20H17F3N4O. The summed E-state index contributed by atoms with van der Waals surface area (Å²) in [5.74, 6) is -0.299. The Hall–Kier alpha value is -3.16. The van der Waals surface area contributed by atoms with Gasteiger partial charge in [-0.2, -0.15) is 18.3 Å². The molecule has 1 aliphatic heterocycles. The molecule has 28 heavy (non-hydrogen) atoms. The van der Waals surface area contributed by atoms with Gasteiger partial charge in [0.15, 0.2) is 0 Å². The highest BCUT2D eigenvalue weighted by Crippen LogP contribution is 2.34. The average molecular weight is 386 g/mol. The third kappa shape index (κ3) is 3.04. The van der Waals surface area contributed by atoms with Crippen LogP contribution >= 0.6 is 0 Å². The topological polar surface area (TPSA) is 51.0 Å². The number of hydrogen-bond donors (Lipinski definition) is 0.